The number of rotatable bonds is 9. The van der Waals surface area contributed by atoms with Gasteiger partial charge in [0.2, 0.25) is 10.0 Å². The fourth-order valence-electron chi connectivity index (χ4n) is 1.72. The van der Waals surface area contributed by atoms with Gasteiger partial charge in [-0.25, -0.2) is 13.1 Å². The van der Waals surface area contributed by atoms with Crippen LogP contribution in [0.1, 0.15) is 27.7 Å². The van der Waals surface area contributed by atoms with Crippen molar-refractivity contribution in [3.8, 4) is 5.75 Å². The van der Waals surface area contributed by atoms with Gasteiger partial charge < -0.3 is 19.5 Å². The van der Waals surface area contributed by atoms with Crippen LogP contribution in [0, 0.1) is 0 Å². The van der Waals surface area contributed by atoms with Crippen molar-refractivity contribution in [2.24, 2.45) is 0 Å². The Morgan fingerprint density at radius 2 is 1.77 bits per heavy atom. The molecule has 0 saturated heterocycles. The second kappa shape index (κ2) is 8.64. The minimum absolute atomic E-state index is 0.0278. The van der Waals surface area contributed by atoms with E-state index in [0.717, 1.165) is 6.26 Å². The van der Waals surface area contributed by atoms with Gasteiger partial charge in [-0.2, -0.15) is 0 Å². The van der Waals surface area contributed by atoms with Gasteiger partial charge in [-0.1, -0.05) is 23.2 Å². The van der Waals surface area contributed by atoms with E-state index < -0.39 is 28.3 Å². The highest BCUT2D eigenvalue weighted by atomic mass is 35.5. The molecule has 1 rings (SSSR count). The summed E-state index contributed by atoms with van der Waals surface area (Å²) < 4.78 is 35.4. The second-order valence-corrected chi connectivity index (χ2v) is 9.51. The zero-order valence-corrected chi connectivity index (χ0v) is 17.7. The van der Waals surface area contributed by atoms with Gasteiger partial charge >= 0.3 is 7.12 Å². The lowest BCUT2D eigenvalue weighted by Gasteiger charge is -2.38. The van der Waals surface area contributed by atoms with E-state index in [2.05, 4.69) is 4.72 Å². The molecule has 26 heavy (non-hydrogen) atoms. The first-order chi connectivity index (χ1) is 11.6. The predicted molar refractivity (Wildman–Crippen MR) is 104 cm³/mol. The van der Waals surface area contributed by atoms with Crippen LogP contribution in [0.2, 0.25) is 10.0 Å². The highest BCUT2D eigenvalue weighted by molar-refractivity contribution is 7.88. The van der Waals surface area contributed by atoms with Crippen LogP contribution in [0.3, 0.4) is 0 Å². The van der Waals surface area contributed by atoms with E-state index in [0.29, 0.717) is 0 Å². The van der Waals surface area contributed by atoms with Gasteiger partial charge in [0.05, 0.1) is 22.5 Å². The lowest BCUT2D eigenvalue weighted by atomic mass is 9.76. The summed E-state index contributed by atoms with van der Waals surface area (Å²) in [5.41, 5.74) is -2.08. The van der Waals surface area contributed by atoms with Gasteiger partial charge in [-0.05, 0) is 39.8 Å². The van der Waals surface area contributed by atoms with Crippen LogP contribution in [0.15, 0.2) is 12.1 Å². The van der Waals surface area contributed by atoms with Gasteiger partial charge in [0.15, 0.2) is 0 Å². The summed E-state index contributed by atoms with van der Waals surface area (Å²) in [5.74, 6) is 0.213. The lowest BCUT2D eigenvalue weighted by molar-refractivity contribution is -0.0982. The van der Waals surface area contributed by atoms with Crippen molar-refractivity contribution in [3.63, 3.8) is 0 Å². The predicted octanol–water partition coefficient (Wildman–Crippen LogP) is 1.18. The average Bonchev–Trinajstić information content (AvgIpc) is 2.42. The summed E-state index contributed by atoms with van der Waals surface area (Å²) in [6, 6.07) is 2.80. The summed E-state index contributed by atoms with van der Waals surface area (Å²) in [7, 11) is -4.75. The van der Waals surface area contributed by atoms with Crippen LogP contribution in [0.25, 0.3) is 0 Å². The third kappa shape index (κ3) is 6.88. The first kappa shape index (κ1) is 23.5. The van der Waals surface area contributed by atoms with Crippen LogP contribution in [0.4, 0.5) is 0 Å². The molecular formula is C15H24BCl2NO6S. The van der Waals surface area contributed by atoms with Crippen LogP contribution in [-0.4, -0.2) is 56.3 Å². The second-order valence-electron chi connectivity index (χ2n) is 6.86. The molecule has 0 saturated carbocycles. The lowest BCUT2D eigenvalue weighted by Crippen LogP contribution is -2.53. The normalized spacial score (nSPS) is 13.0. The summed E-state index contributed by atoms with van der Waals surface area (Å²) >= 11 is 12.2. The standard InChI is InChI=1S/C15H24BCl2NO6S/c1-14(2,20)15(3,4)25-16(21)10-8-13(12(18)9-11(10)17)24-7-6-19-26(5,22)23/h8-9,19-21H,6-7H2,1-5H3. The number of aliphatic hydroxyl groups is 1. The summed E-state index contributed by atoms with van der Waals surface area (Å²) in [6.45, 7) is 6.47. The molecule has 1 aromatic rings. The third-order valence-corrected chi connectivity index (χ3v) is 5.27. The number of hydrogen-bond donors (Lipinski definition) is 3. The summed E-state index contributed by atoms with van der Waals surface area (Å²) in [4.78, 5) is 0. The molecule has 0 amide bonds. The van der Waals surface area contributed by atoms with Crippen molar-refractivity contribution >= 4 is 45.8 Å². The molecule has 148 valence electrons. The Balaban J connectivity index is 2.92. The fraction of sp³-hybridized carbons (Fsp3) is 0.600. The van der Waals surface area contributed by atoms with E-state index >= 15 is 0 Å². The van der Waals surface area contributed by atoms with Crippen molar-refractivity contribution in [2.75, 3.05) is 19.4 Å². The summed E-state index contributed by atoms with van der Waals surface area (Å²) in [5, 5.41) is 20.9. The van der Waals surface area contributed by atoms with Crippen molar-refractivity contribution in [3.05, 3.63) is 22.2 Å². The molecule has 0 fully saturated rings. The number of halogens is 2. The van der Waals surface area contributed by atoms with E-state index in [1.165, 1.54) is 12.1 Å². The number of ether oxygens (including phenoxy) is 1. The Labute approximate surface area is 164 Å². The van der Waals surface area contributed by atoms with E-state index in [9.17, 15) is 18.5 Å². The summed E-state index contributed by atoms with van der Waals surface area (Å²) in [6.07, 6.45) is 1.04. The van der Waals surface area contributed by atoms with E-state index in [1.54, 1.807) is 27.7 Å². The molecule has 0 unspecified atom stereocenters. The molecule has 0 aliphatic rings. The largest absolute Gasteiger partial charge is 0.493 e. The quantitative estimate of drug-likeness (QED) is 0.403. The minimum Gasteiger partial charge on any atom is -0.491 e. The van der Waals surface area contributed by atoms with Gasteiger partial charge in [0.1, 0.15) is 12.4 Å². The number of sulfonamides is 1. The maximum atomic E-state index is 11.0. The molecule has 0 aliphatic carbocycles. The van der Waals surface area contributed by atoms with Gasteiger partial charge in [-0.15, -0.1) is 0 Å². The van der Waals surface area contributed by atoms with Crippen molar-refractivity contribution < 1.29 is 27.9 Å². The van der Waals surface area contributed by atoms with E-state index in [1.807, 2.05) is 0 Å². The van der Waals surface area contributed by atoms with Gasteiger partial charge in [-0.3, -0.25) is 0 Å². The van der Waals surface area contributed by atoms with Crippen LogP contribution in [-0.2, 0) is 14.7 Å². The van der Waals surface area contributed by atoms with Crippen molar-refractivity contribution in [1.82, 2.24) is 4.72 Å². The minimum atomic E-state index is -3.32. The molecule has 0 aromatic heterocycles. The highest BCUT2D eigenvalue weighted by Gasteiger charge is 2.40. The SMILES string of the molecule is CC(C)(O)C(C)(C)OB(O)c1cc(OCCNS(C)(=O)=O)c(Cl)cc1Cl. The first-order valence-electron chi connectivity index (χ1n) is 7.79. The zero-order valence-electron chi connectivity index (χ0n) is 15.3. The molecule has 0 radical (unpaired) electrons. The Hall–Kier alpha value is -0.545. The van der Waals surface area contributed by atoms with E-state index in [4.69, 9.17) is 32.6 Å². The van der Waals surface area contributed by atoms with Gasteiger partial charge in [0.25, 0.3) is 0 Å². The molecule has 0 aliphatic heterocycles. The van der Waals surface area contributed by atoms with Crippen LogP contribution in [0.5, 0.6) is 5.75 Å². The number of hydrogen-bond acceptors (Lipinski definition) is 6. The number of benzene rings is 1. The molecule has 1 aromatic carbocycles. The highest BCUT2D eigenvalue weighted by Crippen LogP contribution is 2.29. The van der Waals surface area contributed by atoms with Crippen LogP contribution < -0.4 is 14.9 Å². The molecule has 0 atom stereocenters. The number of nitrogens with one attached hydrogen (secondary N) is 1. The molecule has 7 nitrogen and oxygen atoms in total. The Bertz CT molecular complexity index is 736. The van der Waals surface area contributed by atoms with E-state index in [-0.39, 0.29) is 34.4 Å². The first-order valence-corrected chi connectivity index (χ1v) is 10.4. The molecule has 3 N–H and O–H groups in total. The van der Waals surface area contributed by atoms with Crippen molar-refractivity contribution in [1.29, 1.82) is 0 Å². The average molecular weight is 428 g/mol. The maximum absolute atomic E-state index is 11.0. The topological polar surface area (TPSA) is 105 Å². The molecule has 0 bridgehead atoms. The Morgan fingerprint density at radius 1 is 1.19 bits per heavy atom. The fourth-order valence-corrected chi connectivity index (χ4v) is 2.70. The Morgan fingerprint density at radius 3 is 2.27 bits per heavy atom. The monoisotopic (exact) mass is 427 g/mol. The third-order valence-electron chi connectivity index (χ3n) is 3.92. The molecule has 0 heterocycles. The molecular weight excluding hydrogens is 404 g/mol. The smallest absolute Gasteiger partial charge is 0.491 e. The van der Waals surface area contributed by atoms with Crippen LogP contribution >= 0.6 is 23.2 Å². The molecule has 11 heteroatoms. The zero-order chi connectivity index (χ0) is 20.3. The molecule has 0 spiro atoms. The maximum Gasteiger partial charge on any atom is 0.493 e. The Kier molecular flexibility index (Phi) is 7.81. The van der Waals surface area contributed by atoms with Crippen molar-refractivity contribution in [2.45, 2.75) is 38.9 Å². The van der Waals surface area contributed by atoms with Gasteiger partial charge in [0, 0.05) is 17.0 Å².